The molecular weight excluding hydrogens is 412 g/mol. The molecule has 0 radical (unpaired) electrons. The fourth-order valence-corrected chi connectivity index (χ4v) is 3.26. The summed E-state index contributed by atoms with van der Waals surface area (Å²) in [7, 11) is -4.34. The Bertz CT molecular complexity index is 1260. The second-order valence-electron chi connectivity index (χ2n) is 6.13. The van der Waals surface area contributed by atoms with E-state index < -0.39 is 32.6 Å². The van der Waals surface area contributed by atoms with Gasteiger partial charge in [0.1, 0.15) is 10.7 Å². The van der Waals surface area contributed by atoms with Crippen molar-refractivity contribution in [3.05, 3.63) is 65.1 Å². The van der Waals surface area contributed by atoms with Crippen molar-refractivity contribution in [1.29, 1.82) is 5.26 Å². The summed E-state index contributed by atoms with van der Waals surface area (Å²) in [5.41, 5.74) is -0.448. The van der Waals surface area contributed by atoms with Crippen molar-refractivity contribution < 1.29 is 26.0 Å². The highest BCUT2D eigenvalue weighted by Gasteiger charge is 2.35. The minimum atomic E-state index is -4.78. The Hall–Kier alpha value is -3.23. The number of nitrogens with two attached hydrogens (primary N) is 1. The highest BCUT2D eigenvalue weighted by molar-refractivity contribution is 7.89. The van der Waals surface area contributed by atoms with E-state index in [-0.39, 0.29) is 22.5 Å². The number of rotatable bonds is 3. The Kier molecular flexibility index (Phi) is 4.94. The topological polar surface area (TPSA) is 102 Å². The van der Waals surface area contributed by atoms with Crippen LogP contribution < -0.4 is 5.14 Å². The molecule has 2 aromatic carbocycles. The number of primary sulfonamides is 1. The number of benzene rings is 2. The molecule has 0 atom stereocenters. The van der Waals surface area contributed by atoms with Gasteiger partial charge in [0.05, 0.1) is 23.0 Å². The van der Waals surface area contributed by atoms with Crippen molar-refractivity contribution in [3.8, 4) is 23.0 Å². The minimum absolute atomic E-state index is 0.0583. The monoisotopic (exact) mass is 424 g/mol. The van der Waals surface area contributed by atoms with Crippen LogP contribution >= 0.6 is 0 Å². The maximum absolute atomic E-state index is 14.2. The number of alkyl halides is 3. The second-order valence-corrected chi connectivity index (χ2v) is 7.66. The van der Waals surface area contributed by atoms with E-state index in [0.29, 0.717) is 11.6 Å². The Balaban J connectivity index is 2.26. The molecular formula is C18H12F4N4O2S. The molecule has 3 rings (SSSR count). The molecule has 0 bridgehead atoms. The van der Waals surface area contributed by atoms with Gasteiger partial charge in [-0.3, -0.25) is 0 Å². The summed E-state index contributed by atoms with van der Waals surface area (Å²) in [6.45, 7) is 1.66. The molecule has 1 aromatic heterocycles. The number of hydrogen-bond acceptors (Lipinski definition) is 4. The summed E-state index contributed by atoms with van der Waals surface area (Å²) < 4.78 is 77.5. The molecule has 2 N–H and O–H groups in total. The lowest BCUT2D eigenvalue weighted by molar-refractivity contribution is -0.141. The van der Waals surface area contributed by atoms with Gasteiger partial charge in [0, 0.05) is 5.56 Å². The molecule has 0 aliphatic rings. The van der Waals surface area contributed by atoms with Gasteiger partial charge in [-0.2, -0.15) is 23.5 Å². The first kappa shape index (κ1) is 20.5. The summed E-state index contributed by atoms with van der Waals surface area (Å²) in [6.07, 6.45) is -4.78. The largest absolute Gasteiger partial charge is 0.435 e. The van der Waals surface area contributed by atoms with Crippen molar-refractivity contribution in [3.63, 3.8) is 0 Å². The molecule has 0 spiro atoms. The van der Waals surface area contributed by atoms with Crippen LogP contribution in [0.25, 0.3) is 16.9 Å². The summed E-state index contributed by atoms with van der Waals surface area (Å²) in [6, 6.07) is 9.72. The van der Waals surface area contributed by atoms with Crippen molar-refractivity contribution in [2.24, 2.45) is 5.14 Å². The number of halogens is 4. The van der Waals surface area contributed by atoms with E-state index in [0.717, 1.165) is 22.9 Å². The SMILES string of the molecule is Cc1ccc(-n2nc(C(F)(F)F)cc2-c2ccc(S(N)(=O)=O)c(F)c2)cc1C#N. The number of aromatic nitrogens is 2. The number of nitrogens with zero attached hydrogens (tertiary/aromatic N) is 3. The predicted molar refractivity (Wildman–Crippen MR) is 94.8 cm³/mol. The molecule has 11 heteroatoms. The number of nitriles is 1. The van der Waals surface area contributed by atoms with Gasteiger partial charge in [0.15, 0.2) is 5.69 Å². The third kappa shape index (κ3) is 3.98. The summed E-state index contributed by atoms with van der Waals surface area (Å²) in [5, 5.41) is 17.6. The average molecular weight is 424 g/mol. The molecule has 6 nitrogen and oxygen atoms in total. The van der Waals surface area contributed by atoms with Crippen molar-refractivity contribution in [2.45, 2.75) is 18.0 Å². The molecule has 0 unspecified atom stereocenters. The van der Waals surface area contributed by atoms with Crippen LogP contribution in [-0.4, -0.2) is 18.2 Å². The van der Waals surface area contributed by atoms with Gasteiger partial charge in [-0.15, -0.1) is 0 Å². The van der Waals surface area contributed by atoms with Crippen molar-refractivity contribution in [1.82, 2.24) is 9.78 Å². The molecule has 3 aromatic rings. The third-order valence-corrected chi connectivity index (χ3v) is 5.06. The van der Waals surface area contributed by atoms with Gasteiger partial charge in [-0.05, 0) is 42.8 Å². The molecule has 0 aliphatic heterocycles. The normalized spacial score (nSPS) is 12.0. The van der Waals surface area contributed by atoms with E-state index in [2.05, 4.69) is 5.10 Å². The first-order valence-electron chi connectivity index (χ1n) is 7.93. The summed E-state index contributed by atoms with van der Waals surface area (Å²) >= 11 is 0. The lowest BCUT2D eigenvalue weighted by Gasteiger charge is -2.10. The highest BCUT2D eigenvalue weighted by atomic mass is 32.2. The molecule has 0 fully saturated rings. The van der Waals surface area contributed by atoms with E-state index in [1.807, 2.05) is 6.07 Å². The van der Waals surface area contributed by atoms with E-state index in [1.165, 1.54) is 18.2 Å². The zero-order valence-electron chi connectivity index (χ0n) is 14.7. The van der Waals surface area contributed by atoms with Gasteiger partial charge >= 0.3 is 6.18 Å². The fraction of sp³-hybridized carbons (Fsp3) is 0.111. The first-order valence-corrected chi connectivity index (χ1v) is 9.47. The number of hydrogen-bond donors (Lipinski definition) is 1. The molecule has 0 aliphatic carbocycles. The molecule has 0 saturated heterocycles. The fourth-order valence-electron chi connectivity index (χ4n) is 2.68. The van der Waals surface area contributed by atoms with Crippen LogP contribution in [0.3, 0.4) is 0 Å². The zero-order valence-corrected chi connectivity index (χ0v) is 15.5. The van der Waals surface area contributed by atoms with Crippen LogP contribution in [0, 0.1) is 24.1 Å². The highest BCUT2D eigenvalue weighted by Crippen LogP contribution is 2.34. The predicted octanol–water partition coefficient (Wildman–Crippen LogP) is 3.52. The molecule has 0 amide bonds. The first-order chi connectivity index (χ1) is 13.4. The van der Waals surface area contributed by atoms with Crippen LogP contribution in [0.15, 0.2) is 47.4 Å². The molecule has 0 saturated carbocycles. The van der Waals surface area contributed by atoms with Crippen LogP contribution in [0.2, 0.25) is 0 Å². The Morgan fingerprint density at radius 1 is 1.14 bits per heavy atom. The van der Waals surface area contributed by atoms with E-state index in [1.54, 1.807) is 6.92 Å². The van der Waals surface area contributed by atoms with Gasteiger partial charge in [0.25, 0.3) is 0 Å². The van der Waals surface area contributed by atoms with Crippen molar-refractivity contribution >= 4 is 10.0 Å². The standard InChI is InChI=1S/C18H12F4N4O2S/c1-10-2-4-13(6-12(10)9-23)26-15(8-17(25-26)18(20,21)22)11-3-5-16(14(19)7-11)29(24,27)28/h2-8H,1H3,(H2,24,27,28). The van der Waals surface area contributed by atoms with Crippen LogP contribution in [0.4, 0.5) is 17.6 Å². The zero-order chi connectivity index (χ0) is 21.6. The summed E-state index contributed by atoms with van der Waals surface area (Å²) in [5.74, 6) is -1.21. The van der Waals surface area contributed by atoms with Gasteiger partial charge < -0.3 is 0 Å². The quantitative estimate of drug-likeness (QED) is 0.650. The van der Waals surface area contributed by atoms with Gasteiger partial charge in [0.2, 0.25) is 10.0 Å². The van der Waals surface area contributed by atoms with Gasteiger partial charge in [-0.25, -0.2) is 22.6 Å². The van der Waals surface area contributed by atoms with E-state index in [9.17, 15) is 31.2 Å². The minimum Gasteiger partial charge on any atom is -0.232 e. The molecule has 150 valence electrons. The Morgan fingerprint density at radius 3 is 2.38 bits per heavy atom. The average Bonchev–Trinajstić information content (AvgIpc) is 3.06. The Labute approximate surface area is 162 Å². The van der Waals surface area contributed by atoms with E-state index >= 15 is 0 Å². The molecule has 1 heterocycles. The lowest BCUT2D eigenvalue weighted by atomic mass is 10.1. The second kappa shape index (κ2) is 6.98. The maximum Gasteiger partial charge on any atom is 0.435 e. The smallest absolute Gasteiger partial charge is 0.232 e. The maximum atomic E-state index is 14.2. The lowest BCUT2D eigenvalue weighted by Crippen LogP contribution is -2.14. The van der Waals surface area contributed by atoms with Gasteiger partial charge in [-0.1, -0.05) is 12.1 Å². The van der Waals surface area contributed by atoms with Crippen molar-refractivity contribution in [2.75, 3.05) is 0 Å². The van der Waals surface area contributed by atoms with E-state index in [4.69, 9.17) is 5.14 Å². The van der Waals surface area contributed by atoms with Crippen LogP contribution in [0.1, 0.15) is 16.8 Å². The summed E-state index contributed by atoms with van der Waals surface area (Å²) in [4.78, 5) is -0.787. The third-order valence-electron chi connectivity index (χ3n) is 4.12. The van der Waals surface area contributed by atoms with Crippen LogP contribution in [-0.2, 0) is 16.2 Å². The number of sulfonamides is 1. The number of aryl methyl sites for hydroxylation is 1. The molecule has 29 heavy (non-hydrogen) atoms. The Morgan fingerprint density at radius 2 is 1.83 bits per heavy atom. The van der Waals surface area contributed by atoms with Crippen LogP contribution in [0.5, 0.6) is 0 Å².